The molecule has 1 aliphatic heterocycles. The van der Waals surface area contributed by atoms with Crippen LogP contribution in [-0.2, 0) is 9.59 Å². The van der Waals surface area contributed by atoms with Crippen molar-refractivity contribution in [2.24, 2.45) is 11.8 Å². The van der Waals surface area contributed by atoms with Gasteiger partial charge in [-0.3, -0.25) is 9.59 Å². The molecule has 0 bridgehead atoms. The van der Waals surface area contributed by atoms with Crippen molar-refractivity contribution < 1.29 is 19.5 Å². The van der Waals surface area contributed by atoms with Crippen LogP contribution in [0.25, 0.3) is 0 Å². The molecule has 1 saturated heterocycles. The molecule has 1 aliphatic carbocycles. The lowest BCUT2D eigenvalue weighted by Crippen LogP contribution is -2.34. The van der Waals surface area contributed by atoms with E-state index in [4.69, 9.17) is 16.7 Å². The van der Waals surface area contributed by atoms with Gasteiger partial charge in [0.1, 0.15) is 5.56 Å². The van der Waals surface area contributed by atoms with Gasteiger partial charge in [0.15, 0.2) is 0 Å². The quantitative estimate of drug-likeness (QED) is 0.823. The normalized spacial score (nSPS) is 25.3. The Balaban J connectivity index is 2.13. The van der Waals surface area contributed by atoms with Crippen molar-refractivity contribution in [3.8, 4) is 0 Å². The highest BCUT2D eigenvalue weighted by Crippen LogP contribution is 2.49. The second-order valence-electron chi connectivity index (χ2n) is 4.40. The third kappa shape index (κ3) is 1.37. The number of rotatable bonds is 2. The Bertz CT molecular complexity index is 578. The zero-order chi connectivity index (χ0) is 13.0. The standard InChI is InChI=1S/C12H8ClNO4/c13-7-2-1-3-8(9(7)12(17)18)14-10(15)5-4-6(5)11(14)16/h1-3,5-6H,4H2,(H,17,18). The van der Waals surface area contributed by atoms with Crippen LogP contribution in [0.3, 0.4) is 0 Å². The van der Waals surface area contributed by atoms with Gasteiger partial charge in [-0.2, -0.15) is 0 Å². The van der Waals surface area contributed by atoms with E-state index in [9.17, 15) is 14.4 Å². The molecule has 2 fully saturated rings. The summed E-state index contributed by atoms with van der Waals surface area (Å²) in [6.07, 6.45) is 0.580. The van der Waals surface area contributed by atoms with Gasteiger partial charge in [0.25, 0.3) is 0 Å². The third-order valence-corrected chi connectivity index (χ3v) is 3.63. The summed E-state index contributed by atoms with van der Waals surface area (Å²) in [7, 11) is 0. The Hall–Kier alpha value is -1.88. The lowest BCUT2D eigenvalue weighted by Gasteiger charge is -2.19. The van der Waals surface area contributed by atoms with E-state index < -0.39 is 5.97 Å². The number of hydrogen-bond acceptors (Lipinski definition) is 3. The summed E-state index contributed by atoms with van der Waals surface area (Å²) in [5.41, 5.74) is -0.139. The molecule has 2 atom stereocenters. The number of carboxylic acids is 1. The van der Waals surface area contributed by atoms with Crippen LogP contribution in [0.15, 0.2) is 18.2 Å². The first-order chi connectivity index (χ1) is 8.52. The first-order valence-corrected chi connectivity index (χ1v) is 5.79. The number of carbonyl (C=O) groups excluding carboxylic acids is 2. The Labute approximate surface area is 107 Å². The maximum absolute atomic E-state index is 11.9. The minimum atomic E-state index is -1.25. The maximum atomic E-state index is 11.9. The second-order valence-corrected chi connectivity index (χ2v) is 4.81. The average Bonchev–Trinajstić information content (AvgIpc) is 3.03. The topological polar surface area (TPSA) is 74.7 Å². The van der Waals surface area contributed by atoms with E-state index in [1.54, 1.807) is 0 Å². The van der Waals surface area contributed by atoms with Gasteiger partial charge in [-0.1, -0.05) is 17.7 Å². The van der Waals surface area contributed by atoms with Gasteiger partial charge in [0.2, 0.25) is 11.8 Å². The highest BCUT2D eigenvalue weighted by atomic mass is 35.5. The maximum Gasteiger partial charge on any atom is 0.339 e. The fraction of sp³-hybridized carbons (Fsp3) is 0.250. The van der Waals surface area contributed by atoms with Crippen LogP contribution < -0.4 is 4.90 Å². The van der Waals surface area contributed by atoms with Crippen molar-refractivity contribution in [1.82, 2.24) is 0 Å². The molecule has 2 aliphatic rings. The SMILES string of the molecule is O=C(O)c1c(Cl)cccc1N1C(=O)C2CC2C1=O. The molecule has 2 unspecified atom stereocenters. The molecule has 1 N–H and O–H groups in total. The van der Waals surface area contributed by atoms with E-state index in [0.29, 0.717) is 6.42 Å². The van der Waals surface area contributed by atoms with E-state index in [2.05, 4.69) is 0 Å². The Morgan fingerprint density at radius 1 is 1.28 bits per heavy atom. The molecule has 0 radical (unpaired) electrons. The summed E-state index contributed by atoms with van der Waals surface area (Å²) < 4.78 is 0. The highest BCUT2D eigenvalue weighted by Gasteiger charge is 2.59. The second kappa shape index (κ2) is 3.55. The van der Waals surface area contributed by atoms with Gasteiger partial charge in [-0.05, 0) is 18.6 Å². The summed E-state index contributed by atoms with van der Waals surface area (Å²) in [6, 6.07) is 4.37. The number of benzene rings is 1. The summed E-state index contributed by atoms with van der Waals surface area (Å²) in [4.78, 5) is 36.0. The number of fused-ring (bicyclic) bond motifs is 1. The summed E-state index contributed by atoms with van der Waals surface area (Å²) in [5.74, 6) is -2.43. The number of nitrogens with zero attached hydrogens (tertiary/aromatic N) is 1. The molecule has 92 valence electrons. The van der Waals surface area contributed by atoms with E-state index in [0.717, 1.165) is 4.90 Å². The summed E-state index contributed by atoms with van der Waals surface area (Å²) in [5, 5.41) is 9.14. The number of hydrogen-bond donors (Lipinski definition) is 1. The van der Waals surface area contributed by atoms with Gasteiger partial charge in [-0.25, -0.2) is 9.69 Å². The van der Waals surface area contributed by atoms with Crippen LogP contribution in [0.4, 0.5) is 5.69 Å². The Kier molecular flexibility index (Phi) is 2.22. The monoisotopic (exact) mass is 265 g/mol. The van der Waals surface area contributed by atoms with E-state index in [1.807, 2.05) is 0 Å². The minimum Gasteiger partial charge on any atom is -0.478 e. The average molecular weight is 266 g/mol. The number of aromatic carboxylic acids is 1. The summed E-state index contributed by atoms with van der Waals surface area (Å²) >= 11 is 5.82. The van der Waals surface area contributed by atoms with Gasteiger partial charge >= 0.3 is 5.97 Å². The molecule has 18 heavy (non-hydrogen) atoms. The van der Waals surface area contributed by atoms with E-state index in [-0.39, 0.29) is 39.9 Å². The lowest BCUT2D eigenvalue weighted by atomic mass is 10.1. The molecule has 1 aromatic rings. The molecule has 1 saturated carbocycles. The molecule has 6 heteroatoms. The number of carboxylic acid groups (broad SMARTS) is 1. The summed E-state index contributed by atoms with van der Waals surface area (Å²) in [6.45, 7) is 0. The number of anilines is 1. The molecule has 2 amide bonds. The number of imide groups is 1. The van der Waals surface area contributed by atoms with Crippen LogP contribution in [0.5, 0.6) is 0 Å². The van der Waals surface area contributed by atoms with Gasteiger partial charge in [0.05, 0.1) is 22.5 Å². The van der Waals surface area contributed by atoms with Crippen molar-refractivity contribution in [3.63, 3.8) is 0 Å². The fourth-order valence-corrected chi connectivity index (χ4v) is 2.58. The van der Waals surface area contributed by atoms with Crippen molar-refractivity contribution in [2.45, 2.75) is 6.42 Å². The number of carbonyl (C=O) groups is 3. The molecule has 5 nitrogen and oxygen atoms in total. The molecule has 0 aromatic heterocycles. The van der Waals surface area contributed by atoms with Crippen molar-refractivity contribution in [2.75, 3.05) is 4.90 Å². The number of piperidine rings is 1. The van der Waals surface area contributed by atoms with Crippen molar-refractivity contribution >= 4 is 35.1 Å². The predicted octanol–water partition coefficient (Wildman–Crippen LogP) is 1.55. The van der Waals surface area contributed by atoms with Gasteiger partial charge < -0.3 is 5.11 Å². The highest BCUT2D eigenvalue weighted by molar-refractivity contribution is 6.35. The third-order valence-electron chi connectivity index (χ3n) is 3.31. The van der Waals surface area contributed by atoms with Crippen LogP contribution in [0, 0.1) is 11.8 Å². The lowest BCUT2D eigenvalue weighted by molar-refractivity contribution is -0.123. The largest absolute Gasteiger partial charge is 0.478 e. The Morgan fingerprint density at radius 2 is 1.89 bits per heavy atom. The smallest absolute Gasteiger partial charge is 0.339 e. The zero-order valence-corrected chi connectivity index (χ0v) is 9.85. The van der Waals surface area contributed by atoms with E-state index >= 15 is 0 Å². The van der Waals surface area contributed by atoms with Gasteiger partial charge in [0, 0.05) is 0 Å². The fourth-order valence-electron chi connectivity index (χ4n) is 2.33. The van der Waals surface area contributed by atoms with Crippen LogP contribution in [0.1, 0.15) is 16.8 Å². The molecule has 1 aromatic carbocycles. The number of halogens is 1. The van der Waals surface area contributed by atoms with Crippen LogP contribution in [-0.4, -0.2) is 22.9 Å². The molecular formula is C12H8ClNO4. The van der Waals surface area contributed by atoms with Gasteiger partial charge in [-0.15, -0.1) is 0 Å². The first-order valence-electron chi connectivity index (χ1n) is 5.42. The van der Waals surface area contributed by atoms with Crippen molar-refractivity contribution in [3.05, 3.63) is 28.8 Å². The zero-order valence-electron chi connectivity index (χ0n) is 9.09. The number of amides is 2. The van der Waals surface area contributed by atoms with E-state index in [1.165, 1.54) is 18.2 Å². The predicted molar refractivity (Wildman–Crippen MR) is 62.5 cm³/mol. The first kappa shape index (κ1) is 11.2. The Morgan fingerprint density at radius 3 is 2.44 bits per heavy atom. The molecule has 0 spiro atoms. The van der Waals surface area contributed by atoms with Crippen LogP contribution >= 0.6 is 11.6 Å². The molecule has 1 heterocycles. The molecule has 3 rings (SSSR count). The minimum absolute atomic E-state index is 0.0150. The van der Waals surface area contributed by atoms with Crippen molar-refractivity contribution in [1.29, 1.82) is 0 Å². The van der Waals surface area contributed by atoms with Crippen LogP contribution in [0.2, 0.25) is 5.02 Å². The molecular weight excluding hydrogens is 258 g/mol.